The van der Waals surface area contributed by atoms with Gasteiger partial charge in [0.15, 0.2) is 0 Å². The number of rotatable bonds is 9. The number of hydrogen-bond acceptors (Lipinski definition) is 3. The van der Waals surface area contributed by atoms with Gasteiger partial charge in [-0.05, 0) is 23.8 Å². The van der Waals surface area contributed by atoms with Crippen LogP contribution in [0.3, 0.4) is 0 Å². The first kappa shape index (κ1) is 18.1. The van der Waals surface area contributed by atoms with Crippen LogP contribution < -0.4 is 5.73 Å². The Morgan fingerprint density at radius 2 is 1.48 bits per heavy atom. The molecule has 3 N–H and O–H groups in total. The van der Waals surface area contributed by atoms with Crippen molar-refractivity contribution in [3.8, 4) is 0 Å². The summed E-state index contributed by atoms with van der Waals surface area (Å²) in [7, 11) is 0. The molecule has 2 atom stereocenters. The molecule has 1 aromatic carbocycles. The third kappa shape index (κ3) is 7.60. The fraction of sp³-hybridized carbons (Fsp3) is 0.667. The molecule has 0 aliphatic rings. The SMILES string of the molecule is CC(C)CN(CC(C)C)CC(O)C(N)Cc1ccccc1. The first-order valence-corrected chi connectivity index (χ1v) is 8.08. The van der Waals surface area contributed by atoms with E-state index in [1.807, 2.05) is 18.2 Å². The van der Waals surface area contributed by atoms with E-state index in [9.17, 15) is 5.11 Å². The number of aliphatic hydroxyl groups excluding tert-OH is 1. The lowest BCUT2D eigenvalue weighted by Crippen LogP contribution is -2.46. The third-order valence-electron chi connectivity index (χ3n) is 3.50. The van der Waals surface area contributed by atoms with Crippen molar-refractivity contribution in [2.75, 3.05) is 19.6 Å². The van der Waals surface area contributed by atoms with E-state index < -0.39 is 6.10 Å². The van der Waals surface area contributed by atoms with Crippen molar-refractivity contribution in [1.82, 2.24) is 4.90 Å². The van der Waals surface area contributed by atoms with Crippen molar-refractivity contribution < 1.29 is 5.11 Å². The zero-order valence-electron chi connectivity index (χ0n) is 14.0. The average molecular weight is 292 g/mol. The lowest BCUT2D eigenvalue weighted by molar-refractivity contribution is 0.0797. The van der Waals surface area contributed by atoms with E-state index in [0.717, 1.165) is 19.5 Å². The molecule has 120 valence electrons. The van der Waals surface area contributed by atoms with Crippen LogP contribution in [-0.4, -0.2) is 41.8 Å². The molecular formula is C18H32N2O. The average Bonchev–Trinajstić information content (AvgIpc) is 2.38. The molecule has 0 aromatic heterocycles. The van der Waals surface area contributed by atoms with Crippen molar-refractivity contribution in [2.45, 2.75) is 46.3 Å². The molecule has 0 saturated carbocycles. The van der Waals surface area contributed by atoms with Crippen molar-refractivity contribution in [3.63, 3.8) is 0 Å². The van der Waals surface area contributed by atoms with Crippen molar-refractivity contribution in [2.24, 2.45) is 17.6 Å². The summed E-state index contributed by atoms with van der Waals surface area (Å²) in [6.07, 6.45) is 0.238. The Kier molecular flexibility index (Phi) is 7.94. The maximum absolute atomic E-state index is 10.4. The van der Waals surface area contributed by atoms with Gasteiger partial charge in [0.05, 0.1) is 6.10 Å². The van der Waals surface area contributed by atoms with Gasteiger partial charge in [-0.3, -0.25) is 0 Å². The molecule has 0 aliphatic carbocycles. The molecule has 0 radical (unpaired) electrons. The number of nitrogens with zero attached hydrogens (tertiary/aromatic N) is 1. The first-order valence-electron chi connectivity index (χ1n) is 8.08. The van der Waals surface area contributed by atoms with Gasteiger partial charge in [0.25, 0.3) is 0 Å². The predicted molar refractivity (Wildman–Crippen MR) is 90.2 cm³/mol. The summed E-state index contributed by atoms with van der Waals surface area (Å²) >= 11 is 0. The molecule has 21 heavy (non-hydrogen) atoms. The van der Waals surface area contributed by atoms with Crippen LogP contribution in [0.25, 0.3) is 0 Å². The Bertz CT molecular complexity index is 368. The molecule has 0 fully saturated rings. The van der Waals surface area contributed by atoms with Crippen LogP contribution in [0.15, 0.2) is 30.3 Å². The minimum atomic E-state index is -0.484. The molecule has 0 heterocycles. The highest BCUT2D eigenvalue weighted by atomic mass is 16.3. The zero-order valence-corrected chi connectivity index (χ0v) is 14.0. The summed E-state index contributed by atoms with van der Waals surface area (Å²) in [5, 5.41) is 10.4. The van der Waals surface area contributed by atoms with E-state index in [1.165, 1.54) is 5.56 Å². The smallest absolute Gasteiger partial charge is 0.0820 e. The van der Waals surface area contributed by atoms with E-state index >= 15 is 0 Å². The van der Waals surface area contributed by atoms with E-state index in [0.29, 0.717) is 18.4 Å². The van der Waals surface area contributed by atoms with Gasteiger partial charge in [-0.2, -0.15) is 0 Å². The Morgan fingerprint density at radius 3 is 1.95 bits per heavy atom. The van der Waals surface area contributed by atoms with Crippen LogP contribution >= 0.6 is 0 Å². The lowest BCUT2D eigenvalue weighted by Gasteiger charge is -2.30. The second kappa shape index (κ2) is 9.19. The Morgan fingerprint density at radius 1 is 0.952 bits per heavy atom. The van der Waals surface area contributed by atoms with E-state index in [1.54, 1.807) is 0 Å². The second-order valence-corrected chi connectivity index (χ2v) is 6.93. The largest absolute Gasteiger partial charge is 0.390 e. The standard InChI is InChI=1S/C18H32N2O/c1-14(2)11-20(12-15(3)4)13-18(21)17(19)10-16-8-6-5-7-9-16/h5-9,14-15,17-18,21H,10-13,19H2,1-4H3. The third-order valence-corrected chi connectivity index (χ3v) is 3.50. The molecule has 3 heteroatoms. The van der Waals surface area contributed by atoms with Gasteiger partial charge < -0.3 is 15.7 Å². The monoisotopic (exact) mass is 292 g/mol. The van der Waals surface area contributed by atoms with Gasteiger partial charge in [0.1, 0.15) is 0 Å². The van der Waals surface area contributed by atoms with Gasteiger partial charge in [-0.15, -0.1) is 0 Å². The summed E-state index contributed by atoms with van der Waals surface area (Å²) in [5.74, 6) is 1.20. The number of hydrogen-bond donors (Lipinski definition) is 2. The van der Waals surface area contributed by atoms with Crippen LogP contribution in [0.4, 0.5) is 0 Å². The van der Waals surface area contributed by atoms with E-state index in [4.69, 9.17) is 5.73 Å². The van der Waals surface area contributed by atoms with Crippen molar-refractivity contribution in [1.29, 1.82) is 0 Å². The highest BCUT2D eigenvalue weighted by molar-refractivity contribution is 5.16. The summed E-state index contributed by atoms with van der Waals surface area (Å²) in [4.78, 5) is 2.34. The molecule has 0 aliphatic heterocycles. The van der Waals surface area contributed by atoms with Crippen molar-refractivity contribution >= 4 is 0 Å². The molecule has 0 spiro atoms. The second-order valence-electron chi connectivity index (χ2n) is 6.93. The summed E-state index contributed by atoms with van der Waals surface area (Å²) < 4.78 is 0. The van der Waals surface area contributed by atoms with Gasteiger partial charge in [0.2, 0.25) is 0 Å². The Balaban J connectivity index is 2.52. The minimum absolute atomic E-state index is 0.214. The number of aliphatic hydroxyl groups is 1. The molecule has 0 saturated heterocycles. The molecule has 2 unspecified atom stereocenters. The first-order chi connectivity index (χ1) is 9.88. The predicted octanol–water partition coefficient (Wildman–Crippen LogP) is 2.53. The van der Waals surface area contributed by atoms with Gasteiger partial charge >= 0.3 is 0 Å². The topological polar surface area (TPSA) is 49.5 Å². The molecule has 1 rings (SSSR count). The molecule has 0 bridgehead atoms. The molecule has 3 nitrogen and oxygen atoms in total. The lowest BCUT2D eigenvalue weighted by atomic mass is 10.0. The summed E-state index contributed by atoms with van der Waals surface area (Å²) in [6.45, 7) is 11.5. The highest BCUT2D eigenvalue weighted by Gasteiger charge is 2.20. The van der Waals surface area contributed by atoms with Crippen LogP contribution in [0.2, 0.25) is 0 Å². The van der Waals surface area contributed by atoms with Crippen molar-refractivity contribution in [3.05, 3.63) is 35.9 Å². The fourth-order valence-electron chi connectivity index (χ4n) is 2.68. The van der Waals surface area contributed by atoms with Gasteiger partial charge in [0, 0.05) is 25.7 Å². The van der Waals surface area contributed by atoms with Crippen LogP contribution in [-0.2, 0) is 6.42 Å². The van der Waals surface area contributed by atoms with Crippen LogP contribution in [0.5, 0.6) is 0 Å². The molecule has 0 amide bonds. The molecule has 1 aromatic rings. The van der Waals surface area contributed by atoms with Crippen LogP contribution in [0, 0.1) is 11.8 Å². The maximum Gasteiger partial charge on any atom is 0.0820 e. The summed E-state index contributed by atoms with van der Waals surface area (Å²) in [5.41, 5.74) is 7.37. The van der Waals surface area contributed by atoms with E-state index in [2.05, 4.69) is 44.7 Å². The van der Waals surface area contributed by atoms with Gasteiger partial charge in [-0.25, -0.2) is 0 Å². The van der Waals surface area contributed by atoms with E-state index in [-0.39, 0.29) is 6.04 Å². The van der Waals surface area contributed by atoms with Gasteiger partial charge in [-0.1, -0.05) is 58.0 Å². The Hall–Kier alpha value is -0.900. The quantitative estimate of drug-likeness (QED) is 0.735. The summed E-state index contributed by atoms with van der Waals surface area (Å²) in [6, 6.07) is 9.93. The fourth-order valence-corrected chi connectivity index (χ4v) is 2.68. The Labute approximate surface area is 130 Å². The number of nitrogens with two attached hydrogens (primary N) is 1. The molecular weight excluding hydrogens is 260 g/mol. The number of benzene rings is 1. The normalized spacial score (nSPS) is 14.9. The van der Waals surface area contributed by atoms with Crippen LogP contribution in [0.1, 0.15) is 33.3 Å². The highest BCUT2D eigenvalue weighted by Crippen LogP contribution is 2.09. The minimum Gasteiger partial charge on any atom is -0.390 e. The maximum atomic E-state index is 10.4. The zero-order chi connectivity index (χ0) is 15.8.